The van der Waals surface area contributed by atoms with E-state index in [1.54, 1.807) is 6.20 Å². The average Bonchev–Trinajstić information content (AvgIpc) is 2.91. The largest absolute Gasteiger partial charge is 0.387 e. The fraction of sp³-hybridized carbons (Fsp3) is 0.667. The van der Waals surface area contributed by atoms with Crippen LogP contribution in [-0.2, 0) is 6.42 Å². The standard InChI is InChI=1S/C12H20N4O/c1-2-11-14-8-9(10(17)7-13)12(15-11)16-5-3-4-6-16/h8,10,17H,2-7,13H2,1H3. The van der Waals surface area contributed by atoms with Crippen LogP contribution in [0.3, 0.4) is 0 Å². The minimum atomic E-state index is -0.670. The first-order valence-corrected chi connectivity index (χ1v) is 6.25. The smallest absolute Gasteiger partial charge is 0.138 e. The van der Waals surface area contributed by atoms with E-state index in [1.807, 2.05) is 6.92 Å². The number of aliphatic hydroxyl groups is 1. The molecule has 1 saturated heterocycles. The summed E-state index contributed by atoms with van der Waals surface area (Å²) in [7, 11) is 0. The Morgan fingerprint density at radius 1 is 1.47 bits per heavy atom. The molecule has 1 unspecified atom stereocenters. The van der Waals surface area contributed by atoms with Gasteiger partial charge >= 0.3 is 0 Å². The minimum absolute atomic E-state index is 0.204. The maximum Gasteiger partial charge on any atom is 0.138 e. The van der Waals surface area contributed by atoms with Gasteiger partial charge in [0.05, 0.1) is 6.10 Å². The van der Waals surface area contributed by atoms with Crippen molar-refractivity contribution in [2.24, 2.45) is 5.73 Å². The number of rotatable bonds is 4. The second-order valence-electron chi connectivity index (χ2n) is 4.36. The predicted octanol–water partition coefficient (Wildman–Crippen LogP) is 0.631. The molecule has 94 valence electrons. The molecule has 1 fully saturated rings. The zero-order valence-electron chi connectivity index (χ0n) is 10.3. The summed E-state index contributed by atoms with van der Waals surface area (Å²) < 4.78 is 0. The Morgan fingerprint density at radius 2 is 2.18 bits per heavy atom. The maximum absolute atomic E-state index is 9.90. The predicted molar refractivity (Wildman–Crippen MR) is 66.9 cm³/mol. The number of hydrogen-bond acceptors (Lipinski definition) is 5. The summed E-state index contributed by atoms with van der Waals surface area (Å²) in [4.78, 5) is 11.0. The molecule has 17 heavy (non-hydrogen) atoms. The van der Waals surface area contributed by atoms with Crippen LogP contribution in [0.4, 0.5) is 5.82 Å². The van der Waals surface area contributed by atoms with Gasteiger partial charge in [0, 0.05) is 37.8 Å². The van der Waals surface area contributed by atoms with Crippen LogP contribution in [-0.4, -0.2) is 34.7 Å². The molecule has 0 spiro atoms. The van der Waals surface area contributed by atoms with Gasteiger partial charge in [-0.15, -0.1) is 0 Å². The normalized spacial score (nSPS) is 17.5. The van der Waals surface area contributed by atoms with Gasteiger partial charge in [0.15, 0.2) is 0 Å². The van der Waals surface area contributed by atoms with Crippen LogP contribution in [0.15, 0.2) is 6.20 Å². The van der Waals surface area contributed by atoms with Crippen LogP contribution in [0.5, 0.6) is 0 Å². The highest BCUT2D eigenvalue weighted by atomic mass is 16.3. The van der Waals surface area contributed by atoms with Crippen molar-refractivity contribution in [3.05, 3.63) is 17.6 Å². The first-order chi connectivity index (χ1) is 8.26. The highest BCUT2D eigenvalue weighted by Crippen LogP contribution is 2.26. The molecule has 1 atom stereocenters. The molecular formula is C12H20N4O. The van der Waals surface area contributed by atoms with Crippen molar-refractivity contribution in [3.8, 4) is 0 Å². The van der Waals surface area contributed by atoms with Gasteiger partial charge in [-0.3, -0.25) is 0 Å². The van der Waals surface area contributed by atoms with E-state index < -0.39 is 6.10 Å². The van der Waals surface area contributed by atoms with Gasteiger partial charge in [0.2, 0.25) is 0 Å². The third-order valence-corrected chi connectivity index (χ3v) is 3.15. The van der Waals surface area contributed by atoms with Crippen LogP contribution in [0.2, 0.25) is 0 Å². The number of aryl methyl sites for hydroxylation is 1. The van der Waals surface area contributed by atoms with Crippen molar-refractivity contribution in [1.82, 2.24) is 9.97 Å². The zero-order chi connectivity index (χ0) is 12.3. The second-order valence-corrected chi connectivity index (χ2v) is 4.36. The van der Waals surface area contributed by atoms with E-state index in [1.165, 1.54) is 12.8 Å². The summed E-state index contributed by atoms with van der Waals surface area (Å²) in [5.74, 6) is 1.69. The molecule has 5 nitrogen and oxygen atoms in total. The molecule has 0 bridgehead atoms. The molecule has 2 heterocycles. The van der Waals surface area contributed by atoms with E-state index in [4.69, 9.17) is 5.73 Å². The van der Waals surface area contributed by atoms with E-state index in [9.17, 15) is 5.11 Å². The zero-order valence-corrected chi connectivity index (χ0v) is 10.3. The quantitative estimate of drug-likeness (QED) is 0.802. The number of nitrogens with zero attached hydrogens (tertiary/aromatic N) is 3. The first-order valence-electron chi connectivity index (χ1n) is 6.25. The second kappa shape index (κ2) is 5.42. The van der Waals surface area contributed by atoms with Crippen molar-refractivity contribution in [2.45, 2.75) is 32.3 Å². The van der Waals surface area contributed by atoms with E-state index in [2.05, 4.69) is 14.9 Å². The monoisotopic (exact) mass is 236 g/mol. The van der Waals surface area contributed by atoms with Gasteiger partial charge in [0.1, 0.15) is 11.6 Å². The molecule has 3 N–H and O–H groups in total. The topological polar surface area (TPSA) is 75.3 Å². The van der Waals surface area contributed by atoms with E-state index in [0.29, 0.717) is 0 Å². The Bertz CT molecular complexity index is 377. The van der Waals surface area contributed by atoms with Gasteiger partial charge < -0.3 is 15.7 Å². The van der Waals surface area contributed by atoms with Gasteiger partial charge in [-0.1, -0.05) is 6.92 Å². The molecule has 0 radical (unpaired) electrons. The van der Waals surface area contributed by atoms with Crippen LogP contribution in [0.25, 0.3) is 0 Å². The Kier molecular flexibility index (Phi) is 3.91. The lowest BCUT2D eigenvalue weighted by atomic mass is 10.1. The van der Waals surface area contributed by atoms with Crippen molar-refractivity contribution in [3.63, 3.8) is 0 Å². The third kappa shape index (κ3) is 2.56. The van der Waals surface area contributed by atoms with Crippen LogP contribution >= 0.6 is 0 Å². The van der Waals surface area contributed by atoms with Gasteiger partial charge in [-0.05, 0) is 12.8 Å². The van der Waals surface area contributed by atoms with Crippen LogP contribution < -0.4 is 10.6 Å². The molecule has 2 rings (SSSR count). The molecule has 0 aromatic carbocycles. The van der Waals surface area contributed by atoms with Crippen molar-refractivity contribution in [1.29, 1.82) is 0 Å². The fourth-order valence-electron chi connectivity index (χ4n) is 2.13. The first kappa shape index (κ1) is 12.3. The van der Waals surface area contributed by atoms with E-state index in [0.717, 1.165) is 36.7 Å². The van der Waals surface area contributed by atoms with Gasteiger partial charge in [-0.2, -0.15) is 0 Å². The Balaban J connectivity index is 2.36. The van der Waals surface area contributed by atoms with Gasteiger partial charge in [-0.25, -0.2) is 9.97 Å². The molecule has 1 aliphatic heterocycles. The van der Waals surface area contributed by atoms with Crippen LogP contribution in [0, 0.1) is 0 Å². The molecule has 5 heteroatoms. The fourth-order valence-corrected chi connectivity index (χ4v) is 2.13. The third-order valence-electron chi connectivity index (χ3n) is 3.15. The Hall–Kier alpha value is -1.20. The summed E-state index contributed by atoms with van der Waals surface area (Å²) in [6.45, 7) is 4.24. The summed E-state index contributed by atoms with van der Waals surface area (Å²) in [6, 6.07) is 0. The van der Waals surface area contributed by atoms with Crippen LogP contribution in [0.1, 0.15) is 37.3 Å². The molecule has 0 saturated carbocycles. The summed E-state index contributed by atoms with van der Waals surface area (Å²) in [5, 5.41) is 9.90. The van der Waals surface area contributed by atoms with E-state index in [-0.39, 0.29) is 6.54 Å². The van der Waals surface area contributed by atoms with Gasteiger partial charge in [0.25, 0.3) is 0 Å². The molecule has 1 aromatic rings. The molecular weight excluding hydrogens is 216 g/mol. The lowest BCUT2D eigenvalue weighted by Gasteiger charge is -2.22. The average molecular weight is 236 g/mol. The molecule has 0 amide bonds. The molecule has 1 aromatic heterocycles. The number of anilines is 1. The Labute approximate surface area is 102 Å². The van der Waals surface area contributed by atoms with Crippen molar-refractivity contribution >= 4 is 5.82 Å². The molecule has 1 aliphatic rings. The van der Waals surface area contributed by atoms with Crippen molar-refractivity contribution in [2.75, 3.05) is 24.5 Å². The van der Waals surface area contributed by atoms with E-state index >= 15 is 0 Å². The summed E-state index contributed by atoms with van der Waals surface area (Å²) >= 11 is 0. The molecule has 0 aliphatic carbocycles. The number of aliphatic hydroxyl groups excluding tert-OH is 1. The van der Waals surface area contributed by atoms with Crippen molar-refractivity contribution < 1.29 is 5.11 Å². The SMILES string of the molecule is CCc1ncc(C(O)CN)c(N2CCCC2)n1. The summed E-state index contributed by atoms with van der Waals surface area (Å²) in [6.07, 6.45) is 4.22. The number of aromatic nitrogens is 2. The minimum Gasteiger partial charge on any atom is -0.387 e. The number of nitrogens with two attached hydrogens (primary N) is 1. The number of hydrogen-bond donors (Lipinski definition) is 2. The highest BCUT2D eigenvalue weighted by molar-refractivity contribution is 5.48. The lowest BCUT2D eigenvalue weighted by Crippen LogP contribution is -2.24. The maximum atomic E-state index is 9.90. The Morgan fingerprint density at radius 3 is 2.76 bits per heavy atom. The highest BCUT2D eigenvalue weighted by Gasteiger charge is 2.21. The summed E-state index contributed by atoms with van der Waals surface area (Å²) in [5.41, 5.74) is 6.27. The lowest BCUT2D eigenvalue weighted by molar-refractivity contribution is 0.186.